The molecule has 27 heavy (non-hydrogen) atoms. The smallest absolute Gasteiger partial charge is 0.411 e. The molecule has 0 saturated carbocycles. The molecule has 0 aliphatic heterocycles. The number of aldehydes is 1. The molecule has 5 heteroatoms. The number of carbonyl (C=O) groups excluding carboxylic acids is 2. The number of likely N-dealkylation sites (N-methyl/N-ethyl adjacent to an activating group) is 1. The summed E-state index contributed by atoms with van der Waals surface area (Å²) in [6.45, 7) is 5.83. The van der Waals surface area contributed by atoms with Crippen LogP contribution in [0.1, 0.15) is 38.0 Å². The van der Waals surface area contributed by atoms with Crippen LogP contribution in [-0.4, -0.2) is 42.6 Å². The molecule has 0 aromatic heterocycles. The van der Waals surface area contributed by atoms with E-state index < -0.39 is 23.8 Å². The lowest BCUT2D eigenvalue weighted by Crippen LogP contribution is -2.43. The van der Waals surface area contributed by atoms with Crippen molar-refractivity contribution in [2.45, 2.75) is 38.5 Å². The van der Waals surface area contributed by atoms with E-state index in [4.69, 9.17) is 9.47 Å². The molecular weight excluding hydrogens is 342 g/mol. The SMILES string of the molecule is CN(C(=O)OC1c2ccccc2-c2ccccc21)[C@H](C=O)COC(C)(C)C. The van der Waals surface area contributed by atoms with Crippen LogP contribution in [0.15, 0.2) is 48.5 Å². The molecule has 0 spiro atoms. The van der Waals surface area contributed by atoms with Gasteiger partial charge in [-0.1, -0.05) is 48.5 Å². The zero-order valence-corrected chi connectivity index (χ0v) is 16.1. The summed E-state index contributed by atoms with van der Waals surface area (Å²) >= 11 is 0. The van der Waals surface area contributed by atoms with E-state index in [1.807, 2.05) is 69.3 Å². The van der Waals surface area contributed by atoms with Gasteiger partial charge in [0.25, 0.3) is 0 Å². The Kier molecular flexibility index (Phi) is 5.33. The summed E-state index contributed by atoms with van der Waals surface area (Å²) in [5.74, 6) is 0. The summed E-state index contributed by atoms with van der Waals surface area (Å²) in [5.41, 5.74) is 3.64. The molecule has 0 fully saturated rings. The first-order valence-electron chi connectivity index (χ1n) is 9.03. The van der Waals surface area contributed by atoms with Crippen molar-refractivity contribution in [2.24, 2.45) is 0 Å². The van der Waals surface area contributed by atoms with E-state index in [0.717, 1.165) is 22.3 Å². The first kappa shape index (κ1) is 19.1. The van der Waals surface area contributed by atoms with Crippen LogP contribution in [0.3, 0.4) is 0 Å². The van der Waals surface area contributed by atoms with Gasteiger partial charge < -0.3 is 14.3 Å². The van der Waals surface area contributed by atoms with Crippen molar-refractivity contribution >= 4 is 12.4 Å². The Morgan fingerprint density at radius 2 is 1.59 bits per heavy atom. The van der Waals surface area contributed by atoms with Crippen molar-refractivity contribution in [3.63, 3.8) is 0 Å². The van der Waals surface area contributed by atoms with E-state index in [9.17, 15) is 9.59 Å². The monoisotopic (exact) mass is 367 g/mol. The fourth-order valence-corrected chi connectivity index (χ4v) is 3.13. The van der Waals surface area contributed by atoms with Crippen LogP contribution in [0.2, 0.25) is 0 Å². The maximum Gasteiger partial charge on any atom is 0.411 e. The molecule has 0 unspecified atom stereocenters. The lowest BCUT2D eigenvalue weighted by molar-refractivity contribution is -0.116. The van der Waals surface area contributed by atoms with Crippen molar-refractivity contribution in [3.05, 3.63) is 59.7 Å². The van der Waals surface area contributed by atoms with Crippen molar-refractivity contribution in [1.29, 1.82) is 0 Å². The van der Waals surface area contributed by atoms with Crippen LogP contribution < -0.4 is 0 Å². The fourth-order valence-electron chi connectivity index (χ4n) is 3.13. The highest BCUT2D eigenvalue weighted by Crippen LogP contribution is 2.45. The molecule has 1 aliphatic rings. The highest BCUT2D eigenvalue weighted by Gasteiger charge is 2.33. The highest BCUT2D eigenvalue weighted by atomic mass is 16.6. The van der Waals surface area contributed by atoms with Crippen molar-refractivity contribution in [3.8, 4) is 11.1 Å². The Balaban J connectivity index is 1.78. The van der Waals surface area contributed by atoms with Gasteiger partial charge in [-0.15, -0.1) is 0 Å². The average Bonchev–Trinajstić information content (AvgIpc) is 2.95. The van der Waals surface area contributed by atoms with Gasteiger partial charge in [0.1, 0.15) is 12.3 Å². The molecule has 5 nitrogen and oxygen atoms in total. The van der Waals surface area contributed by atoms with E-state index in [2.05, 4.69) is 0 Å². The number of hydrogen-bond acceptors (Lipinski definition) is 4. The molecule has 2 aromatic rings. The summed E-state index contributed by atoms with van der Waals surface area (Å²) in [6.07, 6.45) is -0.326. The molecule has 1 aliphatic carbocycles. The van der Waals surface area contributed by atoms with E-state index in [1.54, 1.807) is 7.05 Å². The number of hydrogen-bond donors (Lipinski definition) is 0. The second-order valence-corrected chi connectivity index (χ2v) is 7.68. The summed E-state index contributed by atoms with van der Waals surface area (Å²) in [6, 6.07) is 15.1. The van der Waals surface area contributed by atoms with Crippen molar-refractivity contribution < 1.29 is 19.1 Å². The van der Waals surface area contributed by atoms with Gasteiger partial charge >= 0.3 is 6.09 Å². The lowest BCUT2D eigenvalue weighted by Gasteiger charge is -2.28. The van der Waals surface area contributed by atoms with Crippen LogP contribution in [0.5, 0.6) is 0 Å². The number of rotatable bonds is 5. The second-order valence-electron chi connectivity index (χ2n) is 7.68. The topological polar surface area (TPSA) is 55.8 Å². The number of ether oxygens (including phenoxy) is 2. The normalized spacial score (nSPS) is 14.2. The second kappa shape index (κ2) is 7.53. The molecule has 3 rings (SSSR count). The summed E-state index contributed by atoms with van der Waals surface area (Å²) in [4.78, 5) is 25.5. The number of carbonyl (C=O) groups is 2. The molecule has 0 saturated heterocycles. The average molecular weight is 367 g/mol. The Morgan fingerprint density at radius 1 is 1.07 bits per heavy atom. The zero-order valence-electron chi connectivity index (χ0n) is 16.1. The quantitative estimate of drug-likeness (QED) is 0.743. The highest BCUT2D eigenvalue weighted by molar-refractivity contribution is 5.80. The predicted molar refractivity (Wildman–Crippen MR) is 104 cm³/mol. The van der Waals surface area contributed by atoms with Gasteiger partial charge in [-0.3, -0.25) is 4.90 Å². The van der Waals surface area contributed by atoms with E-state index in [-0.39, 0.29) is 6.61 Å². The van der Waals surface area contributed by atoms with Gasteiger partial charge in [0.2, 0.25) is 0 Å². The van der Waals surface area contributed by atoms with Crippen molar-refractivity contribution in [1.82, 2.24) is 4.90 Å². The first-order valence-corrected chi connectivity index (χ1v) is 9.03. The molecule has 0 radical (unpaired) electrons. The maximum absolute atomic E-state index is 12.7. The minimum atomic E-state index is -0.705. The summed E-state index contributed by atoms with van der Waals surface area (Å²) in [7, 11) is 1.56. The van der Waals surface area contributed by atoms with E-state index in [1.165, 1.54) is 4.90 Å². The Labute approximate surface area is 159 Å². The van der Waals surface area contributed by atoms with E-state index in [0.29, 0.717) is 6.29 Å². The number of fused-ring (bicyclic) bond motifs is 3. The third-order valence-corrected chi connectivity index (χ3v) is 4.62. The maximum atomic E-state index is 12.7. The van der Waals surface area contributed by atoms with Crippen LogP contribution in [0.25, 0.3) is 11.1 Å². The minimum Gasteiger partial charge on any atom is -0.436 e. The molecule has 142 valence electrons. The number of nitrogens with zero attached hydrogens (tertiary/aromatic N) is 1. The molecule has 0 bridgehead atoms. The zero-order chi connectivity index (χ0) is 19.6. The summed E-state index contributed by atoms with van der Waals surface area (Å²) < 4.78 is 11.5. The van der Waals surface area contributed by atoms with Gasteiger partial charge in [-0.05, 0) is 31.9 Å². The van der Waals surface area contributed by atoms with Gasteiger partial charge in [0.15, 0.2) is 6.10 Å². The van der Waals surface area contributed by atoms with Crippen LogP contribution >= 0.6 is 0 Å². The van der Waals surface area contributed by atoms with E-state index >= 15 is 0 Å². The third-order valence-electron chi connectivity index (χ3n) is 4.62. The molecule has 2 aromatic carbocycles. The molecular formula is C22H25NO4. The van der Waals surface area contributed by atoms with Crippen LogP contribution in [-0.2, 0) is 14.3 Å². The fraction of sp³-hybridized carbons (Fsp3) is 0.364. The largest absolute Gasteiger partial charge is 0.436 e. The number of benzene rings is 2. The predicted octanol–water partition coefficient (Wildman–Crippen LogP) is 4.21. The van der Waals surface area contributed by atoms with Gasteiger partial charge in [0, 0.05) is 18.2 Å². The molecule has 1 amide bonds. The van der Waals surface area contributed by atoms with Crippen LogP contribution in [0, 0.1) is 0 Å². The molecule has 0 N–H and O–H groups in total. The van der Waals surface area contributed by atoms with Gasteiger partial charge in [0.05, 0.1) is 12.2 Å². The lowest BCUT2D eigenvalue weighted by atomic mass is 10.1. The Morgan fingerprint density at radius 3 is 2.07 bits per heavy atom. The molecule has 1 atom stereocenters. The van der Waals surface area contributed by atoms with Gasteiger partial charge in [-0.2, -0.15) is 0 Å². The Hall–Kier alpha value is -2.66. The molecule has 0 heterocycles. The van der Waals surface area contributed by atoms with Crippen molar-refractivity contribution in [2.75, 3.05) is 13.7 Å². The van der Waals surface area contributed by atoms with Crippen LogP contribution in [0.4, 0.5) is 4.79 Å². The number of amides is 1. The van der Waals surface area contributed by atoms with Gasteiger partial charge in [-0.25, -0.2) is 4.79 Å². The standard InChI is InChI=1S/C22H25NO4/c1-22(2,3)26-14-15(13-24)23(4)21(25)27-20-18-11-7-5-9-16(18)17-10-6-8-12-19(17)20/h5-13,15,20H,14H2,1-4H3/t15-/m1/s1. The first-order chi connectivity index (χ1) is 12.8. The minimum absolute atomic E-state index is 0.121. The third kappa shape index (κ3) is 4.03. The Bertz CT molecular complexity index is 795. The summed E-state index contributed by atoms with van der Waals surface area (Å²) in [5, 5.41) is 0.